The van der Waals surface area contributed by atoms with Crippen LogP contribution in [0, 0.1) is 11.8 Å². The van der Waals surface area contributed by atoms with E-state index in [1.54, 1.807) is 0 Å². The second-order valence-electron chi connectivity index (χ2n) is 8.72. The van der Waals surface area contributed by atoms with Gasteiger partial charge in [-0.1, -0.05) is 20.4 Å². The van der Waals surface area contributed by atoms with Gasteiger partial charge in [0.1, 0.15) is 0 Å². The van der Waals surface area contributed by atoms with E-state index in [0.29, 0.717) is 25.6 Å². The van der Waals surface area contributed by atoms with Crippen LogP contribution in [0.3, 0.4) is 0 Å². The number of hydrogen-bond acceptors (Lipinski definition) is 5. The molecule has 0 aromatic heterocycles. The van der Waals surface area contributed by atoms with E-state index in [-0.39, 0.29) is 17.4 Å². The first kappa shape index (κ1) is 22.4. The molecule has 3 aliphatic rings. The van der Waals surface area contributed by atoms with Gasteiger partial charge < -0.3 is 15.5 Å². The largest absolute Gasteiger partial charge is 0.370 e. The van der Waals surface area contributed by atoms with E-state index >= 15 is 0 Å². The van der Waals surface area contributed by atoms with Crippen molar-refractivity contribution in [3.63, 3.8) is 0 Å². The maximum absolute atomic E-state index is 13.0. The monoisotopic (exact) mass is 427 g/mol. The van der Waals surface area contributed by atoms with E-state index in [0.717, 1.165) is 64.0 Å². The van der Waals surface area contributed by atoms with E-state index in [1.807, 2.05) is 18.7 Å². The normalized spacial score (nSPS) is 27.1. The Kier molecular flexibility index (Phi) is 7.11. The average Bonchev–Trinajstić information content (AvgIpc) is 3.07. The maximum atomic E-state index is 13.0. The Morgan fingerprint density at radius 3 is 2.34 bits per heavy atom. The minimum Gasteiger partial charge on any atom is -0.370 e. The zero-order valence-electron chi connectivity index (χ0n) is 17.9. The highest BCUT2D eigenvalue weighted by Gasteiger charge is 2.40. The number of hydrogen-bond donors (Lipinski definition) is 3. The molecule has 2 aliphatic heterocycles. The first-order valence-electron chi connectivity index (χ1n) is 11.0. The van der Waals surface area contributed by atoms with Crippen molar-refractivity contribution in [2.45, 2.75) is 57.9 Å². The van der Waals surface area contributed by atoms with Crippen LogP contribution in [0.4, 0.5) is 0 Å². The summed E-state index contributed by atoms with van der Waals surface area (Å²) in [7, 11) is -3.39. The molecule has 1 aliphatic carbocycles. The second-order valence-corrected chi connectivity index (χ2v) is 10.5. The van der Waals surface area contributed by atoms with Crippen LogP contribution in [0.5, 0.6) is 0 Å². The van der Waals surface area contributed by atoms with Crippen LogP contribution in [0.2, 0.25) is 0 Å². The van der Waals surface area contributed by atoms with E-state index < -0.39 is 10.2 Å². The van der Waals surface area contributed by atoms with Crippen molar-refractivity contribution in [1.82, 2.24) is 24.6 Å². The van der Waals surface area contributed by atoms with Crippen molar-refractivity contribution in [3.8, 4) is 0 Å². The average molecular weight is 428 g/mol. The van der Waals surface area contributed by atoms with Gasteiger partial charge in [-0.2, -0.15) is 12.7 Å². The molecule has 2 saturated heterocycles. The van der Waals surface area contributed by atoms with Crippen molar-refractivity contribution in [1.29, 1.82) is 0 Å². The number of carbonyl (C=O) groups excluding carboxylic acids is 1. The fraction of sp³-hybridized carbons (Fsp3) is 0.850. The fourth-order valence-corrected chi connectivity index (χ4v) is 6.20. The van der Waals surface area contributed by atoms with Gasteiger partial charge in [-0.15, -0.1) is 0 Å². The van der Waals surface area contributed by atoms with Gasteiger partial charge in [0, 0.05) is 45.2 Å². The Morgan fingerprint density at radius 2 is 1.83 bits per heavy atom. The van der Waals surface area contributed by atoms with Crippen LogP contribution >= 0.6 is 0 Å². The molecule has 3 rings (SSSR count). The van der Waals surface area contributed by atoms with E-state index in [9.17, 15) is 13.2 Å². The van der Waals surface area contributed by atoms with Crippen LogP contribution in [0.1, 0.15) is 52.4 Å². The lowest BCUT2D eigenvalue weighted by atomic mass is 9.80. The van der Waals surface area contributed by atoms with E-state index in [2.05, 4.69) is 21.9 Å². The Labute approximate surface area is 175 Å². The van der Waals surface area contributed by atoms with Crippen LogP contribution < -0.4 is 15.4 Å². The third-order valence-corrected chi connectivity index (χ3v) is 8.61. The molecule has 1 saturated carbocycles. The Balaban J connectivity index is 1.41. The van der Waals surface area contributed by atoms with Gasteiger partial charge in [0.2, 0.25) is 5.91 Å². The molecular formula is C20H37N5O3S. The van der Waals surface area contributed by atoms with Crippen LogP contribution in [0.25, 0.3) is 0 Å². The predicted molar refractivity (Wildman–Crippen MR) is 114 cm³/mol. The molecule has 0 unspecified atom stereocenters. The lowest BCUT2D eigenvalue weighted by molar-refractivity contribution is -0.138. The Morgan fingerprint density at radius 1 is 1.21 bits per heavy atom. The summed E-state index contributed by atoms with van der Waals surface area (Å²) in [6, 6.07) is 0. The quantitative estimate of drug-likeness (QED) is 0.563. The molecule has 8 nitrogen and oxygen atoms in total. The maximum Gasteiger partial charge on any atom is 0.279 e. The molecule has 0 aromatic carbocycles. The summed E-state index contributed by atoms with van der Waals surface area (Å²) >= 11 is 0. The minimum atomic E-state index is -3.39. The van der Waals surface area contributed by atoms with Gasteiger partial charge in [0.15, 0.2) is 0 Å². The molecule has 3 fully saturated rings. The first-order chi connectivity index (χ1) is 13.8. The highest BCUT2D eigenvalue weighted by Crippen LogP contribution is 2.32. The summed E-state index contributed by atoms with van der Waals surface area (Å²) in [5, 5.41) is 6.72. The Bertz CT molecular complexity index is 691. The molecule has 0 bridgehead atoms. The minimum absolute atomic E-state index is 0.0630. The number of nitrogens with one attached hydrogen (secondary N) is 3. The number of rotatable bonds is 7. The summed E-state index contributed by atoms with van der Waals surface area (Å²) in [4.78, 5) is 15.0. The third kappa shape index (κ3) is 5.24. The molecule has 2 heterocycles. The smallest absolute Gasteiger partial charge is 0.279 e. The number of likely N-dealkylation sites (tertiary alicyclic amines) is 1. The van der Waals surface area contributed by atoms with Crippen LogP contribution in [0.15, 0.2) is 12.4 Å². The molecule has 0 atom stereocenters. The lowest BCUT2D eigenvalue weighted by Crippen LogP contribution is -2.54. The van der Waals surface area contributed by atoms with Gasteiger partial charge in [-0.05, 0) is 44.4 Å². The molecule has 0 aromatic rings. The van der Waals surface area contributed by atoms with Gasteiger partial charge in [-0.25, -0.2) is 4.72 Å². The second kappa shape index (κ2) is 9.22. The van der Waals surface area contributed by atoms with Crippen molar-refractivity contribution in [2.24, 2.45) is 11.8 Å². The number of carbonyl (C=O) groups is 1. The molecule has 3 N–H and O–H groups in total. The summed E-state index contributed by atoms with van der Waals surface area (Å²) < 4.78 is 28.8. The van der Waals surface area contributed by atoms with Crippen molar-refractivity contribution in [3.05, 3.63) is 12.4 Å². The molecule has 29 heavy (non-hydrogen) atoms. The predicted octanol–water partition coefficient (Wildman–Crippen LogP) is 0.994. The standard InChI is InChI=1S/C20H37N5O3S/c1-4-25(5-2)29(27,28)22-14-17-6-8-18(9-7-17)19(26)24-12-10-20(11-13-24)15-21-16(3)23-20/h17-18,21-23H,3-15H2,1-2H3. The third-order valence-electron chi connectivity index (χ3n) is 6.88. The molecular weight excluding hydrogens is 390 g/mol. The fourth-order valence-electron chi connectivity index (χ4n) is 4.89. The summed E-state index contributed by atoms with van der Waals surface area (Å²) in [5.41, 5.74) is 0.0630. The molecule has 9 heteroatoms. The lowest BCUT2D eigenvalue weighted by Gasteiger charge is -2.41. The van der Waals surface area contributed by atoms with Gasteiger partial charge in [0.05, 0.1) is 11.4 Å². The van der Waals surface area contributed by atoms with Crippen LogP contribution in [-0.4, -0.2) is 68.3 Å². The Hall–Kier alpha value is -1.32. The zero-order valence-corrected chi connectivity index (χ0v) is 18.7. The topological polar surface area (TPSA) is 93.8 Å². The van der Waals surface area contributed by atoms with Gasteiger partial charge in [0.25, 0.3) is 10.2 Å². The highest BCUT2D eigenvalue weighted by atomic mass is 32.2. The summed E-state index contributed by atoms with van der Waals surface area (Å²) in [6.07, 6.45) is 5.42. The highest BCUT2D eigenvalue weighted by molar-refractivity contribution is 7.87. The van der Waals surface area contributed by atoms with Crippen molar-refractivity contribution >= 4 is 16.1 Å². The molecule has 1 amide bonds. The van der Waals surface area contributed by atoms with Crippen LogP contribution in [-0.2, 0) is 15.0 Å². The van der Waals surface area contributed by atoms with E-state index in [1.165, 1.54) is 4.31 Å². The number of nitrogens with zero attached hydrogens (tertiary/aromatic N) is 2. The number of amides is 1. The van der Waals surface area contributed by atoms with Gasteiger partial charge in [-0.3, -0.25) is 4.79 Å². The SMILES string of the molecule is C=C1NCC2(CCN(C(=O)C3CCC(CNS(=O)(=O)N(CC)CC)CC3)CC2)N1. The van der Waals surface area contributed by atoms with E-state index in [4.69, 9.17) is 0 Å². The van der Waals surface area contributed by atoms with Gasteiger partial charge >= 0.3 is 0 Å². The molecule has 166 valence electrons. The summed E-state index contributed by atoms with van der Waals surface area (Å²) in [5.74, 6) is 1.57. The summed E-state index contributed by atoms with van der Waals surface area (Å²) in [6.45, 7) is 11.5. The zero-order chi connectivity index (χ0) is 21.1. The number of piperidine rings is 1. The molecule has 0 radical (unpaired) electrons. The first-order valence-corrected chi connectivity index (χ1v) is 12.5. The van der Waals surface area contributed by atoms with Crippen molar-refractivity contribution < 1.29 is 13.2 Å². The molecule has 1 spiro atoms. The van der Waals surface area contributed by atoms with Crippen molar-refractivity contribution in [2.75, 3.05) is 39.3 Å².